The summed E-state index contributed by atoms with van der Waals surface area (Å²) in [6.07, 6.45) is 3.40. The number of hydrogen-bond donors (Lipinski definition) is 1. The Bertz CT molecular complexity index is 1010. The van der Waals surface area contributed by atoms with Crippen LogP contribution < -0.4 is 10.1 Å². The highest BCUT2D eigenvalue weighted by atomic mass is 32.1. The molecule has 0 saturated heterocycles. The molecule has 0 fully saturated rings. The van der Waals surface area contributed by atoms with E-state index < -0.39 is 5.91 Å². The van der Waals surface area contributed by atoms with Gasteiger partial charge in [0.2, 0.25) is 5.13 Å². The summed E-state index contributed by atoms with van der Waals surface area (Å²) >= 11 is 1.25. The van der Waals surface area contributed by atoms with Crippen molar-refractivity contribution in [3.63, 3.8) is 0 Å². The molecule has 1 amide bonds. The fourth-order valence-electron chi connectivity index (χ4n) is 2.42. The summed E-state index contributed by atoms with van der Waals surface area (Å²) in [5.74, 6) is 0.267. The smallest absolute Gasteiger partial charge is 0.268 e. The van der Waals surface area contributed by atoms with Gasteiger partial charge in [-0.3, -0.25) is 10.1 Å². The second-order valence-corrected chi connectivity index (χ2v) is 6.66. The molecule has 0 aliphatic rings. The molecule has 0 radical (unpaired) electrons. The lowest BCUT2D eigenvalue weighted by Gasteiger charge is -2.09. The first kappa shape index (κ1) is 18.4. The molecule has 0 unspecified atom stereocenters. The van der Waals surface area contributed by atoms with Crippen LogP contribution in [0.2, 0.25) is 0 Å². The maximum atomic E-state index is 12.4. The fourth-order valence-corrected chi connectivity index (χ4v) is 3.01. The molecule has 0 aliphatic carbocycles. The molecule has 3 aromatic rings. The Morgan fingerprint density at radius 2 is 2.11 bits per heavy atom. The molecule has 2 heterocycles. The minimum absolute atomic E-state index is 0.0197. The Labute approximate surface area is 160 Å². The Morgan fingerprint density at radius 1 is 1.33 bits per heavy atom. The van der Waals surface area contributed by atoms with Crippen molar-refractivity contribution in [1.82, 2.24) is 14.8 Å². The van der Waals surface area contributed by atoms with Crippen LogP contribution in [0, 0.1) is 18.3 Å². The van der Waals surface area contributed by atoms with Crippen molar-refractivity contribution in [3.8, 4) is 17.5 Å². The molecular formula is C19H17N5O2S. The number of rotatable bonds is 6. The number of carbonyl (C=O) groups is 1. The van der Waals surface area contributed by atoms with Gasteiger partial charge in [-0.2, -0.15) is 5.26 Å². The number of hydrogen-bond acceptors (Lipinski definition) is 6. The molecule has 2 aromatic heterocycles. The van der Waals surface area contributed by atoms with Crippen molar-refractivity contribution in [2.24, 2.45) is 0 Å². The Balaban J connectivity index is 1.84. The number of nitrogens with zero attached hydrogens (tertiary/aromatic N) is 4. The molecular weight excluding hydrogens is 362 g/mol. The van der Waals surface area contributed by atoms with Gasteiger partial charge in [-0.25, -0.2) is 0 Å². The molecule has 0 bridgehead atoms. The molecule has 0 saturated carbocycles. The van der Waals surface area contributed by atoms with Crippen LogP contribution in [0.4, 0.5) is 5.13 Å². The van der Waals surface area contributed by atoms with Gasteiger partial charge in [0.15, 0.2) is 0 Å². The molecule has 7 nitrogen and oxygen atoms in total. The van der Waals surface area contributed by atoms with E-state index in [0.717, 1.165) is 16.4 Å². The molecule has 0 spiro atoms. The first-order valence-electron chi connectivity index (χ1n) is 8.24. The second kappa shape index (κ2) is 8.29. The number of nitriles is 1. The largest absolute Gasteiger partial charge is 0.494 e. The summed E-state index contributed by atoms with van der Waals surface area (Å²) in [6, 6.07) is 13.2. The number of amides is 1. The Morgan fingerprint density at radius 3 is 2.74 bits per heavy atom. The van der Waals surface area contributed by atoms with E-state index in [4.69, 9.17) is 4.74 Å². The normalized spacial score (nSPS) is 11.1. The molecule has 136 valence electrons. The van der Waals surface area contributed by atoms with Crippen LogP contribution in [-0.4, -0.2) is 27.3 Å². The minimum atomic E-state index is -0.520. The predicted molar refractivity (Wildman–Crippen MR) is 104 cm³/mol. The van der Waals surface area contributed by atoms with Gasteiger partial charge >= 0.3 is 0 Å². The molecule has 3 rings (SSSR count). The van der Waals surface area contributed by atoms with Crippen molar-refractivity contribution >= 4 is 28.5 Å². The van der Waals surface area contributed by atoms with Gasteiger partial charge in [-0.05, 0) is 56.3 Å². The van der Waals surface area contributed by atoms with Crippen LogP contribution >= 0.6 is 11.3 Å². The highest BCUT2D eigenvalue weighted by Gasteiger charge is 2.13. The summed E-state index contributed by atoms with van der Waals surface area (Å²) in [6.45, 7) is 4.32. The van der Waals surface area contributed by atoms with Gasteiger partial charge in [-0.15, -0.1) is 10.2 Å². The molecule has 0 aliphatic heterocycles. The predicted octanol–water partition coefficient (Wildman–Crippen LogP) is 3.58. The zero-order chi connectivity index (χ0) is 19.2. The molecule has 0 atom stereocenters. The molecule has 27 heavy (non-hydrogen) atoms. The van der Waals surface area contributed by atoms with Crippen molar-refractivity contribution < 1.29 is 9.53 Å². The van der Waals surface area contributed by atoms with Crippen LogP contribution in [0.15, 0.2) is 48.2 Å². The zero-order valence-electron chi connectivity index (χ0n) is 14.8. The quantitative estimate of drug-likeness (QED) is 0.522. The monoisotopic (exact) mass is 379 g/mol. The van der Waals surface area contributed by atoms with E-state index in [1.54, 1.807) is 13.0 Å². The Kier molecular flexibility index (Phi) is 5.64. The van der Waals surface area contributed by atoms with E-state index in [1.165, 1.54) is 11.3 Å². The molecule has 8 heteroatoms. The molecule has 1 aromatic carbocycles. The van der Waals surface area contributed by atoms with Gasteiger partial charge in [0.25, 0.3) is 5.91 Å². The topological polar surface area (TPSA) is 92.8 Å². The summed E-state index contributed by atoms with van der Waals surface area (Å²) < 4.78 is 7.34. The maximum Gasteiger partial charge on any atom is 0.268 e. The van der Waals surface area contributed by atoms with Crippen LogP contribution in [0.1, 0.15) is 17.6 Å². The lowest BCUT2D eigenvalue weighted by atomic mass is 10.2. The third kappa shape index (κ3) is 4.40. The van der Waals surface area contributed by atoms with Crippen molar-refractivity contribution in [3.05, 3.63) is 58.9 Å². The average molecular weight is 379 g/mol. The van der Waals surface area contributed by atoms with Crippen LogP contribution in [0.25, 0.3) is 11.8 Å². The van der Waals surface area contributed by atoms with Gasteiger partial charge < -0.3 is 9.30 Å². The number of aryl methyl sites for hydroxylation is 1. The summed E-state index contributed by atoms with van der Waals surface area (Å²) in [5, 5.41) is 20.8. The van der Waals surface area contributed by atoms with Crippen molar-refractivity contribution in [2.45, 2.75) is 13.8 Å². The summed E-state index contributed by atoms with van der Waals surface area (Å²) in [7, 11) is 0. The highest BCUT2D eigenvalue weighted by molar-refractivity contribution is 7.15. The third-order valence-electron chi connectivity index (χ3n) is 3.61. The second-order valence-electron chi connectivity index (χ2n) is 5.48. The summed E-state index contributed by atoms with van der Waals surface area (Å²) in [4.78, 5) is 12.4. The summed E-state index contributed by atoms with van der Waals surface area (Å²) in [5.41, 5.74) is 1.58. The number of benzene rings is 1. The molecule has 1 N–H and O–H groups in total. The fraction of sp³-hybridized carbons (Fsp3) is 0.158. The first-order chi connectivity index (χ1) is 13.1. The number of carbonyl (C=O) groups excluding carboxylic acids is 1. The Hall–Kier alpha value is -3.44. The highest BCUT2D eigenvalue weighted by Crippen LogP contribution is 2.20. The number of nitrogens with one attached hydrogen (secondary N) is 1. The van der Waals surface area contributed by atoms with E-state index >= 15 is 0 Å². The van der Waals surface area contributed by atoms with Crippen LogP contribution in [-0.2, 0) is 4.79 Å². The van der Waals surface area contributed by atoms with Crippen molar-refractivity contribution in [2.75, 3.05) is 11.9 Å². The van der Waals surface area contributed by atoms with E-state index in [9.17, 15) is 10.1 Å². The van der Waals surface area contributed by atoms with Gasteiger partial charge in [0, 0.05) is 17.6 Å². The van der Waals surface area contributed by atoms with Crippen molar-refractivity contribution in [1.29, 1.82) is 5.26 Å². The lowest BCUT2D eigenvalue weighted by molar-refractivity contribution is -0.112. The standard InChI is InChI=1S/C19H17N5O2S/c1-3-26-17-8-6-15(7-9-17)24-10-4-5-16(24)11-14(12-20)18(25)21-19-23-22-13(2)27-19/h4-11H,3H2,1-2H3,(H,21,23,25)/b14-11-. The van der Waals surface area contributed by atoms with Crippen LogP contribution in [0.3, 0.4) is 0 Å². The average Bonchev–Trinajstić information content (AvgIpc) is 3.29. The first-order valence-corrected chi connectivity index (χ1v) is 9.06. The van der Waals surface area contributed by atoms with E-state index in [1.807, 2.05) is 60.2 Å². The van der Waals surface area contributed by atoms with E-state index in [-0.39, 0.29) is 5.57 Å². The van der Waals surface area contributed by atoms with Crippen LogP contribution in [0.5, 0.6) is 5.75 Å². The number of aromatic nitrogens is 3. The third-order valence-corrected chi connectivity index (χ3v) is 4.36. The maximum absolute atomic E-state index is 12.4. The SMILES string of the molecule is CCOc1ccc(-n2cccc2/C=C(/C#N)C(=O)Nc2nnc(C)s2)cc1. The van der Waals surface area contributed by atoms with Gasteiger partial charge in [0.1, 0.15) is 22.4 Å². The number of anilines is 1. The van der Waals surface area contributed by atoms with E-state index in [0.29, 0.717) is 17.4 Å². The van der Waals surface area contributed by atoms with Gasteiger partial charge in [-0.1, -0.05) is 11.3 Å². The van der Waals surface area contributed by atoms with Gasteiger partial charge in [0.05, 0.1) is 6.61 Å². The minimum Gasteiger partial charge on any atom is -0.494 e. The van der Waals surface area contributed by atoms with E-state index in [2.05, 4.69) is 15.5 Å². The zero-order valence-corrected chi connectivity index (χ0v) is 15.7. The lowest BCUT2D eigenvalue weighted by Crippen LogP contribution is -2.13. The number of ether oxygens (including phenoxy) is 1.